The fourth-order valence-electron chi connectivity index (χ4n) is 2.02. The summed E-state index contributed by atoms with van der Waals surface area (Å²) in [7, 11) is 4.63. The molecule has 1 unspecified atom stereocenters. The monoisotopic (exact) mass is 281 g/mol. The van der Waals surface area contributed by atoms with Gasteiger partial charge in [0.05, 0.1) is 27.8 Å². The molecule has 0 spiro atoms. The maximum Gasteiger partial charge on any atom is 0.306 e. The summed E-state index contributed by atoms with van der Waals surface area (Å²) >= 11 is 0. The Labute approximate surface area is 120 Å². The molecule has 1 aromatic rings. The van der Waals surface area contributed by atoms with Gasteiger partial charge >= 0.3 is 5.97 Å². The quantitative estimate of drug-likeness (QED) is 0.741. The molecule has 0 aliphatic heterocycles. The normalized spacial score (nSPS) is 11.8. The van der Waals surface area contributed by atoms with E-state index in [0.717, 1.165) is 12.0 Å². The highest BCUT2D eigenvalue weighted by Crippen LogP contribution is 2.30. The predicted octanol–water partition coefficient (Wildman–Crippen LogP) is 2.31. The molecule has 0 heterocycles. The SMILES string of the molecule is CCC(NCCC(=O)OC)c1ccc(OC)c(OC)c1. The van der Waals surface area contributed by atoms with E-state index in [-0.39, 0.29) is 12.0 Å². The highest BCUT2D eigenvalue weighted by molar-refractivity contribution is 5.69. The Kier molecular flexibility index (Phi) is 6.87. The second-order valence-corrected chi connectivity index (χ2v) is 4.36. The minimum Gasteiger partial charge on any atom is -0.493 e. The van der Waals surface area contributed by atoms with Crippen LogP contribution in [0.4, 0.5) is 0 Å². The van der Waals surface area contributed by atoms with Crippen LogP contribution in [-0.2, 0) is 9.53 Å². The Balaban J connectivity index is 2.71. The van der Waals surface area contributed by atoms with E-state index in [0.29, 0.717) is 24.5 Å². The molecule has 0 aromatic heterocycles. The Bertz CT molecular complexity index is 434. The van der Waals surface area contributed by atoms with Crippen molar-refractivity contribution in [2.45, 2.75) is 25.8 Å². The summed E-state index contributed by atoms with van der Waals surface area (Å²) < 4.78 is 15.2. The molecule has 0 saturated heterocycles. The van der Waals surface area contributed by atoms with Crippen molar-refractivity contribution in [3.8, 4) is 11.5 Å². The molecular formula is C15H23NO4. The van der Waals surface area contributed by atoms with Crippen LogP contribution in [0.15, 0.2) is 18.2 Å². The van der Waals surface area contributed by atoms with Gasteiger partial charge in [-0.05, 0) is 24.1 Å². The average molecular weight is 281 g/mol. The van der Waals surface area contributed by atoms with Crippen LogP contribution in [0.25, 0.3) is 0 Å². The molecule has 112 valence electrons. The van der Waals surface area contributed by atoms with Crippen LogP contribution in [-0.4, -0.2) is 33.8 Å². The average Bonchev–Trinajstić information content (AvgIpc) is 2.50. The first-order valence-electron chi connectivity index (χ1n) is 6.68. The van der Waals surface area contributed by atoms with Crippen molar-refractivity contribution >= 4 is 5.97 Å². The molecule has 0 amide bonds. The lowest BCUT2D eigenvalue weighted by molar-refractivity contribution is -0.140. The van der Waals surface area contributed by atoms with Gasteiger partial charge in [-0.25, -0.2) is 0 Å². The van der Waals surface area contributed by atoms with Crippen molar-refractivity contribution in [3.05, 3.63) is 23.8 Å². The molecule has 0 aliphatic rings. The van der Waals surface area contributed by atoms with Gasteiger partial charge in [0.15, 0.2) is 11.5 Å². The first-order valence-corrected chi connectivity index (χ1v) is 6.68. The molecule has 0 radical (unpaired) electrons. The third-order valence-electron chi connectivity index (χ3n) is 3.17. The molecule has 0 fully saturated rings. The second kappa shape index (κ2) is 8.43. The molecule has 5 nitrogen and oxygen atoms in total. The molecule has 5 heteroatoms. The van der Waals surface area contributed by atoms with E-state index in [9.17, 15) is 4.79 Å². The smallest absolute Gasteiger partial charge is 0.306 e. The summed E-state index contributed by atoms with van der Waals surface area (Å²) in [6, 6.07) is 6.01. The van der Waals surface area contributed by atoms with Crippen LogP contribution in [0, 0.1) is 0 Å². The first kappa shape index (κ1) is 16.3. The summed E-state index contributed by atoms with van der Waals surface area (Å²) in [5, 5.41) is 3.34. The predicted molar refractivity (Wildman–Crippen MR) is 77.2 cm³/mol. The van der Waals surface area contributed by atoms with E-state index in [2.05, 4.69) is 17.0 Å². The molecule has 0 saturated carbocycles. The van der Waals surface area contributed by atoms with E-state index in [1.165, 1.54) is 7.11 Å². The number of benzene rings is 1. The number of rotatable bonds is 8. The number of hydrogen-bond donors (Lipinski definition) is 1. The minimum atomic E-state index is -0.209. The second-order valence-electron chi connectivity index (χ2n) is 4.36. The Morgan fingerprint density at radius 1 is 1.20 bits per heavy atom. The van der Waals surface area contributed by atoms with Gasteiger partial charge in [-0.1, -0.05) is 13.0 Å². The molecular weight excluding hydrogens is 258 g/mol. The highest BCUT2D eigenvalue weighted by Gasteiger charge is 2.13. The standard InChI is InChI=1S/C15H23NO4/c1-5-12(16-9-8-15(17)20-4)11-6-7-13(18-2)14(10-11)19-3/h6-7,10,12,16H,5,8-9H2,1-4H3. The molecule has 1 aromatic carbocycles. The zero-order valence-corrected chi connectivity index (χ0v) is 12.6. The molecule has 1 rings (SSSR count). The van der Waals surface area contributed by atoms with Crippen LogP contribution in [0.2, 0.25) is 0 Å². The summed E-state index contributed by atoms with van der Waals surface area (Å²) in [6.07, 6.45) is 1.27. The Morgan fingerprint density at radius 3 is 2.45 bits per heavy atom. The van der Waals surface area contributed by atoms with Gasteiger partial charge in [0.2, 0.25) is 0 Å². The van der Waals surface area contributed by atoms with Crippen molar-refractivity contribution in [2.24, 2.45) is 0 Å². The molecule has 0 aliphatic carbocycles. The zero-order chi connectivity index (χ0) is 15.0. The van der Waals surface area contributed by atoms with Gasteiger partial charge in [0.1, 0.15) is 0 Å². The van der Waals surface area contributed by atoms with Gasteiger partial charge in [-0.2, -0.15) is 0 Å². The fraction of sp³-hybridized carbons (Fsp3) is 0.533. The Morgan fingerprint density at radius 2 is 1.90 bits per heavy atom. The van der Waals surface area contributed by atoms with Crippen LogP contribution in [0.1, 0.15) is 31.4 Å². The van der Waals surface area contributed by atoms with Gasteiger partial charge in [0, 0.05) is 12.6 Å². The highest BCUT2D eigenvalue weighted by atomic mass is 16.5. The summed E-state index contributed by atoms with van der Waals surface area (Å²) in [4.78, 5) is 11.1. The summed E-state index contributed by atoms with van der Waals surface area (Å²) in [5.74, 6) is 1.21. The lowest BCUT2D eigenvalue weighted by Gasteiger charge is -2.18. The van der Waals surface area contributed by atoms with Crippen molar-refractivity contribution in [1.29, 1.82) is 0 Å². The van der Waals surface area contributed by atoms with E-state index < -0.39 is 0 Å². The van der Waals surface area contributed by atoms with Crippen LogP contribution >= 0.6 is 0 Å². The summed E-state index contributed by atoms with van der Waals surface area (Å²) in [5.41, 5.74) is 1.11. The largest absolute Gasteiger partial charge is 0.493 e. The van der Waals surface area contributed by atoms with Crippen LogP contribution in [0.5, 0.6) is 11.5 Å². The number of methoxy groups -OCH3 is 3. The van der Waals surface area contributed by atoms with E-state index in [4.69, 9.17) is 9.47 Å². The van der Waals surface area contributed by atoms with Crippen molar-refractivity contribution in [3.63, 3.8) is 0 Å². The van der Waals surface area contributed by atoms with E-state index in [1.54, 1.807) is 14.2 Å². The van der Waals surface area contributed by atoms with Crippen LogP contribution < -0.4 is 14.8 Å². The van der Waals surface area contributed by atoms with Gasteiger partial charge in [0.25, 0.3) is 0 Å². The topological polar surface area (TPSA) is 56.8 Å². The van der Waals surface area contributed by atoms with Gasteiger partial charge < -0.3 is 19.5 Å². The lowest BCUT2D eigenvalue weighted by atomic mass is 10.0. The zero-order valence-electron chi connectivity index (χ0n) is 12.6. The van der Waals surface area contributed by atoms with E-state index >= 15 is 0 Å². The summed E-state index contributed by atoms with van der Waals surface area (Å²) in [6.45, 7) is 2.67. The number of carbonyl (C=O) groups is 1. The number of carbonyl (C=O) groups excluding carboxylic acids is 1. The molecule has 0 bridgehead atoms. The Hall–Kier alpha value is -1.75. The molecule has 20 heavy (non-hydrogen) atoms. The number of esters is 1. The lowest BCUT2D eigenvalue weighted by Crippen LogP contribution is -2.24. The maximum atomic E-state index is 11.1. The van der Waals surface area contributed by atoms with Crippen LogP contribution in [0.3, 0.4) is 0 Å². The van der Waals surface area contributed by atoms with Crippen molar-refractivity contribution < 1.29 is 19.0 Å². The molecule has 1 N–H and O–H groups in total. The maximum absolute atomic E-state index is 11.1. The van der Waals surface area contributed by atoms with Gasteiger partial charge in [-0.3, -0.25) is 4.79 Å². The third-order valence-corrected chi connectivity index (χ3v) is 3.17. The molecule has 1 atom stereocenters. The van der Waals surface area contributed by atoms with Gasteiger partial charge in [-0.15, -0.1) is 0 Å². The third kappa shape index (κ3) is 4.42. The number of nitrogens with one attached hydrogen (secondary N) is 1. The van der Waals surface area contributed by atoms with E-state index in [1.807, 2.05) is 18.2 Å². The minimum absolute atomic E-state index is 0.166. The van der Waals surface area contributed by atoms with Crippen molar-refractivity contribution in [1.82, 2.24) is 5.32 Å². The van der Waals surface area contributed by atoms with Crippen molar-refractivity contribution in [2.75, 3.05) is 27.9 Å². The number of ether oxygens (including phenoxy) is 3. The fourth-order valence-corrected chi connectivity index (χ4v) is 2.02. The first-order chi connectivity index (χ1) is 9.65. The number of hydrogen-bond acceptors (Lipinski definition) is 5.